The molecule has 0 bridgehead atoms. The van der Waals surface area contributed by atoms with Crippen molar-refractivity contribution in [2.45, 2.75) is 44.2 Å². The Bertz CT molecular complexity index is 292. The van der Waals surface area contributed by atoms with Gasteiger partial charge in [0.2, 0.25) is 5.91 Å². The number of ether oxygens (including phenoxy) is 1. The Morgan fingerprint density at radius 1 is 1.26 bits per heavy atom. The monoisotopic (exact) mass is 269 g/mol. The average Bonchev–Trinajstić information content (AvgIpc) is 2.48. The Morgan fingerprint density at radius 3 is 2.63 bits per heavy atom. The third kappa shape index (κ3) is 3.91. The number of likely N-dealkylation sites (tertiary alicyclic amines) is 2. The second-order valence-electron chi connectivity index (χ2n) is 5.68. The van der Waals surface area contributed by atoms with Crippen LogP contribution < -0.4 is 5.73 Å². The van der Waals surface area contributed by atoms with Gasteiger partial charge in [-0.25, -0.2) is 0 Å². The van der Waals surface area contributed by atoms with Crippen molar-refractivity contribution < 1.29 is 9.53 Å². The van der Waals surface area contributed by atoms with E-state index in [4.69, 9.17) is 10.5 Å². The molecule has 2 atom stereocenters. The smallest absolute Gasteiger partial charge is 0.236 e. The van der Waals surface area contributed by atoms with E-state index in [-0.39, 0.29) is 11.9 Å². The number of nitrogens with zero attached hydrogens (tertiary/aromatic N) is 2. The van der Waals surface area contributed by atoms with Gasteiger partial charge >= 0.3 is 0 Å². The summed E-state index contributed by atoms with van der Waals surface area (Å²) in [4.78, 5) is 16.5. The normalized spacial score (nSPS) is 29.5. The summed E-state index contributed by atoms with van der Waals surface area (Å²) in [6, 6.07) is 0.285. The fourth-order valence-electron chi connectivity index (χ4n) is 3.15. The van der Waals surface area contributed by atoms with Crippen LogP contribution in [0.3, 0.4) is 0 Å². The Hall–Kier alpha value is -0.650. The number of nitrogens with two attached hydrogens (primary N) is 1. The first-order valence-electron chi connectivity index (χ1n) is 7.49. The van der Waals surface area contributed by atoms with Gasteiger partial charge in [-0.05, 0) is 32.1 Å². The molecule has 2 heterocycles. The van der Waals surface area contributed by atoms with Crippen LogP contribution in [0.4, 0.5) is 0 Å². The summed E-state index contributed by atoms with van der Waals surface area (Å²) in [6.07, 6.45) is 5.81. The summed E-state index contributed by atoms with van der Waals surface area (Å²) in [7, 11) is 1.76. The standard InChI is InChI=1S/C14H27N3O2/c1-19-13-5-8-17(12(9-13)10-15)11-14(18)16-6-3-2-4-7-16/h12-13H,2-11,15H2,1H3. The molecule has 0 saturated carbocycles. The zero-order valence-corrected chi connectivity index (χ0v) is 12.0. The highest BCUT2D eigenvalue weighted by Gasteiger charge is 2.30. The molecular formula is C14H27N3O2. The van der Waals surface area contributed by atoms with E-state index in [1.807, 2.05) is 4.90 Å². The molecule has 0 aromatic rings. The SMILES string of the molecule is COC1CCN(CC(=O)N2CCCCC2)C(CN)C1. The van der Waals surface area contributed by atoms with Gasteiger partial charge in [-0.2, -0.15) is 0 Å². The number of amides is 1. The molecule has 2 aliphatic heterocycles. The summed E-state index contributed by atoms with van der Waals surface area (Å²) < 4.78 is 5.42. The van der Waals surface area contributed by atoms with Crippen LogP contribution in [0.2, 0.25) is 0 Å². The lowest BCUT2D eigenvalue weighted by molar-refractivity contribution is -0.134. The van der Waals surface area contributed by atoms with E-state index in [0.29, 0.717) is 19.2 Å². The largest absolute Gasteiger partial charge is 0.381 e. The van der Waals surface area contributed by atoms with E-state index < -0.39 is 0 Å². The molecule has 0 spiro atoms. The Labute approximate surface area is 116 Å². The minimum absolute atomic E-state index is 0.272. The van der Waals surface area contributed by atoms with Crippen LogP contribution >= 0.6 is 0 Å². The lowest BCUT2D eigenvalue weighted by Gasteiger charge is -2.39. The van der Waals surface area contributed by atoms with Gasteiger partial charge in [-0.1, -0.05) is 0 Å². The lowest BCUT2D eigenvalue weighted by atomic mass is 9.99. The minimum Gasteiger partial charge on any atom is -0.381 e. The highest BCUT2D eigenvalue weighted by atomic mass is 16.5. The first kappa shape index (κ1) is 14.8. The molecular weight excluding hydrogens is 242 g/mol. The predicted octanol–water partition coefficient (Wildman–Crippen LogP) is 0.437. The predicted molar refractivity (Wildman–Crippen MR) is 74.9 cm³/mol. The molecule has 2 unspecified atom stereocenters. The van der Waals surface area contributed by atoms with Gasteiger partial charge in [0.1, 0.15) is 0 Å². The number of piperidine rings is 2. The van der Waals surface area contributed by atoms with Crippen LogP contribution in [-0.2, 0) is 9.53 Å². The molecule has 2 fully saturated rings. The van der Waals surface area contributed by atoms with Crippen LogP contribution in [0, 0.1) is 0 Å². The Kier molecular flexibility index (Phi) is 5.60. The zero-order valence-electron chi connectivity index (χ0n) is 12.0. The summed E-state index contributed by atoms with van der Waals surface area (Å²) >= 11 is 0. The molecule has 2 N–H and O–H groups in total. The fourth-order valence-corrected chi connectivity index (χ4v) is 3.15. The summed E-state index contributed by atoms with van der Waals surface area (Å²) in [5.74, 6) is 0.272. The van der Waals surface area contributed by atoms with Gasteiger partial charge < -0.3 is 15.4 Å². The number of hydrogen-bond acceptors (Lipinski definition) is 4. The molecule has 2 saturated heterocycles. The number of hydrogen-bond donors (Lipinski definition) is 1. The maximum absolute atomic E-state index is 12.3. The third-order valence-corrected chi connectivity index (χ3v) is 4.44. The number of rotatable bonds is 4. The second kappa shape index (κ2) is 7.22. The molecule has 19 heavy (non-hydrogen) atoms. The second-order valence-corrected chi connectivity index (χ2v) is 5.68. The summed E-state index contributed by atoms with van der Waals surface area (Å²) in [5.41, 5.74) is 5.84. The molecule has 110 valence electrons. The quantitative estimate of drug-likeness (QED) is 0.804. The topological polar surface area (TPSA) is 58.8 Å². The third-order valence-electron chi connectivity index (χ3n) is 4.44. The molecule has 0 radical (unpaired) electrons. The van der Waals surface area contributed by atoms with Crippen LogP contribution in [0.15, 0.2) is 0 Å². The molecule has 5 heteroatoms. The summed E-state index contributed by atoms with van der Waals surface area (Å²) in [6.45, 7) is 3.91. The van der Waals surface area contributed by atoms with Gasteiger partial charge in [0.25, 0.3) is 0 Å². The Morgan fingerprint density at radius 2 is 2.00 bits per heavy atom. The maximum atomic E-state index is 12.3. The number of carbonyl (C=O) groups is 1. The average molecular weight is 269 g/mol. The van der Waals surface area contributed by atoms with E-state index in [9.17, 15) is 4.79 Å². The molecule has 0 aromatic carbocycles. The van der Waals surface area contributed by atoms with Crippen LogP contribution in [-0.4, -0.2) is 67.7 Å². The van der Waals surface area contributed by atoms with Crippen molar-refractivity contribution in [1.29, 1.82) is 0 Å². The van der Waals surface area contributed by atoms with Gasteiger partial charge in [0.05, 0.1) is 12.6 Å². The van der Waals surface area contributed by atoms with Crippen molar-refractivity contribution in [1.82, 2.24) is 9.80 Å². The van der Waals surface area contributed by atoms with E-state index in [0.717, 1.165) is 45.3 Å². The van der Waals surface area contributed by atoms with E-state index >= 15 is 0 Å². The van der Waals surface area contributed by atoms with E-state index in [1.54, 1.807) is 7.11 Å². The lowest BCUT2D eigenvalue weighted by Crippen LogP contribution is -2.52. The molecule has 2 rings (SSSR count). The molecule has 0 aliphatic carbocycles. The van der Waals surface area contributed by atoms with Gasteiger partial charge in [0.15, 0.2) is 0 Å². The van der Waals surface area contributed by atoms with Crippen molar-refractivity contribution in [2.75, 3.05) is 39.8 Å². The Balaban J connectivity index is 1.84. The fraction of sp³-hybridized carbons (Fsp3) is 0.929. The molecule has 5 nitrogen and oxygen atoms in total. The van der Waals surface area contributed by atoms with Crippen LogP contribution in [0.1, 0.15) is 32.1 Å². The van der Waals surface area contributed by atoms with Crippen molar-refractivity contribution in [3.8, 4) is 0 Å². The number of carbonyl (C=O) groups excluding carboxylic acids is 1. The van der Waals surface area contributed by atoms with Crippen molar-refractivity contribution >= 4 is 5.91 Å². The first-order chi connectivity index (χ1) is 9.24. The van der Waals surface area contributed by atoms with Gasteiger partial charge in [0, 0.05) is 39.3 Å². The highest BCUT2D eigenvalue weighted by molar-refractivity contribution is 5.78. The highest BCUT2D eigenvalue weighted by Crippen LogP contribution is 2.19. The molecule has 1 amide bonds. The first-order valence-corrected chi connectivity index (χ1v) is 7.49. The van der Waals surface area contributed by atoms with E-state index in [1.165, 1.54) is 6.42 Å². The van der Waals surface area contributed by atoms with Crippen molar-refractivity contribution in [3.63, 3.8) is 0 Å². The zero-order chi connectivity index (χ0) is 13.7. The van der Waals surface area contributed by atoms with Gasteiger partial charge in [-0.3, -0.25) is 9.69 Å². The van der Waals surface area contributed by atoms with E-state index in [2.05, 4.69) is 4.90 Å². The van der Waals surface area contributed by atoms with Crippen LogP contribution in [0.25, 0.3) is 0 Å². The number of methoxy groups -OCH3 is 1. The van der Waals surface area contributed by atoms with Crippen molar-refractivity contribution in [3.05, 3.63) is 0 Å². The van der Waals surface area contributed by atoms with Crippen LogP contribution in [0.5, 0.6) is 0 Å². The molecule has 0 aromatic heterocycles. The molecule has 2 aliphatic rings. The van der Waals surface area contributed by atoms with Crippen molar-refractivity contribution in [2.24, 2.45) is 5.73 Å². The summed E-state index contributed by atoms with van der Waals surface area (Å²) in [5, 5.41) is 0. The minimum atomic E-state index is 0.272. The maximum Gasteiger partial charge on any atom is 0.236 e. The van der Waals surface area contributed by atoms with Gasteiger partial charge in [-0.15, -0.1) is 0 Å².